The number of aliphatic hydroxyl groups is 1. The third kappa shape index (κ3) is 3.14. The fourth-order valence-electron chi connectivity index (χ4n) is 3.21. The molecule has 0 amide bonds. The molecule has 0 saturated heterocycles. The van der Waals surface area contributed by atoms with Crippen LogP contribution in [0.15, 0.2) is 4.90 Å². The van der Waals surface area contributed by atoms with Gasteiger partial charge in [0.2, 0.25) is 10.0 Å². The first-order valence-electron chi connectivity index (χ1n) is 7.52. The number of aryl methyl sites for hydroxylation is 2. The van der Waals surface area contributed by atoms with Crippen molar-refractivity contribution in [2.75, 3.05) is 13.2 Å². The zero-order valence-electron chi connectivity index (χ0n) is 13.0. The SMILES string of the molecule is Cc1nn(C)c(C)c1S(=O)(=O)N(CCO)C1CCCCC1. The van der Waals surface area contributed by atoms with E-state index in [0.29, 0.717) is 16.3 Å². The van der Waals surface area contributed by atoms with E-state index >= 15 is 0 Å². The third-order valence-electron chi connectivity index (χ3n) is 4.31. The largest absolute Gasteiger partial charge is 0.395 e. The molecule has 6 nitrogen and oxygen atoms in total. The Hall–Kier alpha value is -0.920. The molecule has 0 aromatic carbocycles. The molecule has 1 N–H and O–H groups in total. The molecule has 0 bridgehead atoms. The van der Waals surface area contributed by atoms with Gasteiger partial charge in [0, 0.05) is 19.6 Å². The fraction of sp³-hybridized carbons (Fsp3) is 0.786. The highest BCUT2D eigenvalue weighted by molar-refractivity contribution is 7.89. The van der Waals surface area contributed by atoms with Crippen molar-refractivity contribution in [2.45, 2.75) is 56.9 Å². The van der Waals surface area contributed by atoms with E-state index < -0.39 is 10.0 Å². The Morgan fingerprint density at radius 2 is 1.90 bits per heavy atom. The molecule has 7 heteroatoms. The maximum absolute atomic E-state index is 13.0. The van der Waals surface area contributed by atoms with Gasteiger partial charge >= 0.3 is 0 Å². The van der Waals surface area contributed by atoms with Gasteiger partial charge in [-0.05, 0) is 26.7 Å². The van der Waals surface area contributed by atoms with Crippen molar-refractivity contribution in [1.82, 2.24) is 14.1 Å². The van der Waals surface area contributed by atoms with Gasteiger partial charge in [-0.2, -0.15) is 9.40 Å². The standard InChI is InChI=1S/C14H25N3O3S/c1-11-14(12(2)16(3)15-11)21(19,20)17(9-10-18)13-7-5-4-6-8-13/h13,18H,4-10H2,1-3H3. The van der Waals surface area contributed by atoms with Crippen LogP contribution >= 0.6 is 0 Å². The number of nitrogens with zero attached hydrogens (tertiary/aromatic N) is 3. The first kappa shape index (κ1) is 16.5. The lowest BCUT2D eigenvalue weighted by molar-refractivity contribution is 0.199. The maximum Gasteiger partial charge on any atom is 0.247 e. The number of aromatic nitrogens is 2. The smallest absolute Gasteiger partial charge is 0.247 e. The van der Waals surface area contributed by atoms with Crippen molar-refractivity contribution in [3.8, 4) is 0 Å². The van der Waals surface area contributed by atoms with Gasteiger partial charge in [0.05, 0.1) is 18.0 Å². The molecule has 21 heavy (non-hydrogen) atoms. The highest BCUT2D eigenvalue weighted by atomic mass is 32.2. The molecule has 1 saturated carbocycles. The number of hydrogen-bond acceptors (Lipinski definition) is 4. The molecule has 1 heterocycles. The zero-order valence-corrected chi connectivity index (χ0v) is 13.9. The summed E-state index contributed by atoms with van der Waals surface area (Å²) in [6.07, 6.45) is 5.00. The second-order valence-electron chi connectivity index (χ2n) is 5.75. The Balaban J connectivity index is 2.41. The summed E-state index contributed by atoms with van der Waals surface area (Å²) in [6.45, 7) is 3.48. The van der Waals surface area contributed by atoms with Crippen LogP contribution in [0.1, 0.15) is 43.5 Å². The molecular weight excluding hydrogens is 290 g/mol. The molecule has 0 spiro atoms. The van der Waals surface area contributed by atoms with Gasteiger partial charge in [0.15, 0.2) is 0 Å². The van der Waals surface area contributed by atoms with Crippen molar-refractivity contribution in [3.63, 3.8) is 0 Å². The van der Waals surface area contributed by atoms with Crippen LogP contribution in [-0.2, 0) is 17.1 Å². The Kier molecular flexibility index (Phi) is 5.06. The minimum absolute atomic E-state index is 0.00472. The Morgan fingerprint density at radius 3 is 2.38 bits per heavy atom. The van der Waals surface area contributed by atoms with Gasteiger partial charge in [-0.1, -0.05) is 19.3 Å². The molecule has 1 aliphatic carbocycles. The summed E-state index contributed by atoms with van der Waals surface area (Å²) in [4.78, 5) is 0.295. The normalized spacial score (nSPS) is 17.6. The van der Waals surface area contributed by atoms with E-state index in [-0.39, 0.29) is 19.2 Å². The second-order valence-corrected chi connectivity index (χ2v) is 7.58. The molecule has 1 aliphatic rings. The third-order valence-corrected chi connectivity index (χ3v) is 6.52. The zero-order chi connectivity index (χ0) is 15.6. The Morgan fingerprint density at radius 1 is 1.29 bits per heavy atom. The fourth-order valence-corrected chi connectivity index (χ4v) is 5.29. The van der Waals surface area contributed by atoms with Gasteiger partial charge in [-0.3, -0.25) is 4.68 Å². The number of sulfonamides is 1. The van der Waals surface area contributed by atoms with E-state index in [1.165, 1.54) is 4.31 Å². The van der Waals surface area contributed by atoms with E-state index in [1.54, 1.807) is 25.6 Å². The maximum atomic E-state index is 13.0. The second kappa shape index (κ2) is 6.46. The molecule has 1 fully saturated rings. The van der Waals surface area contributed by atoms with E-state index in [1.807, 2.05) is 0 Å². The molecule has 1 aromatic heterocycles. The van der Waals surface area contributed by atoms with Gasteiger partial charge in [-0.15, -0.1) is 0 Å². The topological polar surface area (TPSA) is 75.4 Å². The quantitative estimate of drug-likeness (QED) is 0.890. The molecule has 120 valence electrons. The van der Waals surface area contributed by atoms with Crippen LogP contribution in [0.4, 0.5) is 0 Å². The highest BCUT2D eigenvalue weighted by Crippen LogP contribution is 2.30. The van der Waals surface area contributed by atoms with Crippen molar-refractivity contribution >= 4 is 10.0 Å². The lowest BCUT2D eigenvalue weighted by Crippen LogP contribution is -2.43. The highest BCUT2D eigenvalue weighted by Gasteiger charge is 2.35. The molecule has 1 aromatic rings. The number of rotatable bonds is 5. The van der Waals surface area contributed by atoms with E-state index in [4.69, 9.17) is 0 Å². The summed E-state index contributed by atoms with van der Waals surface area (Å²) in [7, 11) is -1.86. The molecule has 0 atom stereocenters. The summed E-state index contributed by atoms with van der Waals surface area (Å²) >= 11 is 0. The van der Waals surface area contributed by atoms with Gasteiger partial charge < -0.3 is 5.11 Å². The first-order valence-corrected chi connectivity index (χ1v) is 8.96. The summed E-state index contributed by atoms with van der Waals surface area (Å²) in [6, 6.07) is -0.00472. The van der Waals surface area contributed by atoms with Crippen molar-refractivity contribution in [3.05, 3.63) is 11.4 Å². The Bertz CT molecular complexity index is 589. The molecule has 0 aliphatic heterocycles. The van der Waals surface area contributed by atoms with Crippen LogP contribution < -0.4 is 0 Å². The predicted octanol–water partition coefficient (Wildman–Crippen LogP) is 1.35. The van der Waals surface area contributed by atoms with Crippen LogP contribution in [-0.4, -0.2) is 46.8 Å². The monoisotopic (exact) mass is 315 g/mol. The first-order chi connectivity index (χ1) is 9.89. The van der Waals surface area contributed by atoms with Crippen LogP contribution in [0.2, 0.25) is 0 Å². The van der Waals surface area contributed by atoms with Crippen molar-refractivity contribution < 1.29 is 13.5 Å². The predicted molar refractivity (Wildman–Crippen MR) is 80.5 cm³/mol. The molecule has 0 radical (unpaired) electrons. The van der Waals surface area contributed by atoms with Gasteiger partial charge in [-0.25, -0.2) is 8.42 Å². The van der Waals surface area contributed by atoms with E-state index in [9.17, 15) is 13.5 Å². The van der Waals surface area contributed by atoms with Crippen LogP contribution in [0.3, 0.4) is 0 Å². The minimum atomic E-state index is -3.61. The summed E-state index contributed by atoms with van der Waals surface area (Å²) in [5.74, 6) is 0. The van der Waals surface area contributed by atoms with Crippen LogP contribution in [0, 0.1) is 13.8 Å². The number of aliphatic hydroxyl groups excluding tert-OH is 1. The van der Waals surface area contributed by atoms with Gasteiger partial charge in [0.1, 0.15) is 4.90 Å². The number of hydrogen-bond donors (Lipinski definition) is 1. The minimum Gasteiger partial charge on any atom is -0.395 e. The Labute approximate surface area is 126 Å². The average molecular weight is 315 g/mol. The van der Waals surface area contributed by atoms with Crippen LogP contribution in [0.5, 0.6) is 0 Å². The molecular formula is C14H25N3O3S. The molecule has 2 rings (SSSR count). The molecule has 0 unspecified atom stereocenters. The van der Waals surface area contributed by atoms with Gasteiger partial charge in [0.25, 0.3) is 0 Å². The lowest BCUT2D eigenvalue weighted by Gasteiger charge is -2.33. The van der Waals surface area contributed by atoms with Crippen molar-refractivity contribution in [1.29, 1.82) is 0 Å². The summed E-state index contributed by atoms with van der Waals surface area (Å²) in [5, 5.41) is 13.5. The average Bonchev–Trinajstić information content (AvgIpc) is 2.70. The lowest BCUT2D eigenvalue weighted by atomic mass is 9.95. The summed E-state index contributed by atoms with van der Waals surface area (Å²) in [5.41, 5.74) is 1.17. The summed E-state index contributed by atoms with van der Waals surface area (Å²) < 4.78 is 29.2. The van der Waals surface area contributed by atoms with E-state index in [2.05, 4.69) is 5.10 Å². The van der Waals surface area contributed by atoms with Crippen LogP contribution in [0.25, 0.3) is 0 Å². The van der Waals surface area contributed by atoms with Crippen molar-refractivity contribution in [2.24, 2.45) is 7.05 Å². The van der Waals surface area contributed by atoms with E-state index in [0.717, 1.165) is 32.1 Å².